The Bertz CT molecular complexity index is 5130. The fourth-order valence-corrected chi connectivity index (χ4v) is 13.7. The normalized spacial score (nSPS) is 15.9. The van der Waals surface area contributed by atoms with Gasteiger partial charge < -0.3 is 4.40 Å². The second-order valence-electron chi connectivity index (χ2n) is 16.5. The van der Waals surface area contributed by atoms with Crippen molar-refractivity contribution in [3.8, 4) is 39.9 Å². The van der Waals surface area contributed by atoms with Crippen LogP contribution in [0.4, 0.5) is 0 Å². The van der Waals surface area contributed by atoms with E-state index < -0.39 is 155 Å². The molecule has 0 aliphatic rings. The number of nitrogens with zero attached hydrogens (tertiary/aromatic N) is 5. The van der Waals surface area contributed by atoms with Crippen LogP contribution in [-0.2, 0) is 0 Å². The average molecular weight is 915 g/mol. The molecule has 4 aromatic heterocycles. The highest BCUT2D eigenvalue weighted by molar-refractivity contribution is 7.19. The van der Waals surface area contributed by atoms with Gasteiger partial charge in [0, 0.05) is 49.0 Å². The lowest BCUT2D eigenvalue weighted by molar-refractivity contribution is 0.954. The van der Waals surface area contributed by atoms with Crippen LogP contribution >= 0.6 is 0 Å². The molecule has 322 valence electrons. The number of rotatable bonds is 8. The number of para-hydroxylation sites is 5. The molecular formula is C63H41N5Si. The maximum atomic E-state index is 10.7. The van der Waals surface area contributed by atoms with E-state index in [-0.39, 0.29) is 11.8 Å². The molecule has 14 aromatic rings. The van der Waals surface area contributed by atoms with Crippen molar-refractivity contribution in [1.82, 2.24) is 23.9 Å². The van der Waals surface area contributed by atoms with Gasteiger partial charge in [0.15, 0.2) is 19.7 Å². The molecule has 69 heavy (non-hydrogen) atoms. The van der Waals surface area contributed by atoms with E-state index in [1.165, 1.54) is 0 Å². The summed E-state index contributed by atoms with van der Waals surface area (Å²) in [6.07, 6.45) is 0. The Hall–Kier alpha value is -8.97. The standard InChI is InChI=1S/C63H41N5Si/c1-4-22-43(23-5-1)69(44-24-6-2-7-25-44,45-26-8-3-9-27-45)46-28-18-21-42(41-46)61-64-62(66-63(65-61)67-56-38-15-12-30-48(56)49-31-13-16-39-57(49)67)55-33-11-10-29-47(55)51-34-19-36-53-54-37-20-35-52-50-32-14-17-40-58(50)68(59(51)53)60(52)54/h1-41H/i1D,2D,3D,4D,5D,6D,7D,8D,9D,18D,21D,22D,23D,24D,25D,26D,27D,28D,41D. The van der Waals surface area contributed by atoms with E-state index in [4.69, 9.17) is 27.3 Å². The van der Waals surface area contributed by atoms with Crippen molar-refractivity contribution < 1.29 is 26.0 Å². The minimum atomic E-state index is -6.22. The molecule has 0 bridgehead atoms. The van der Waals surface area contributed by atoms with Gasteiger partial charge in [0.1, 0.15) is 0 Å². The first-order chi connectivity index (χ1) is 42.1. The van der Waals surface area contributed by atoms with Crippen LogP contribution in [0.5, 0.6) is 0 Å². The zero-order valence-corrected chi connectivity index (χ0v) is 36.9. The molecule has 0 unspecified atom stereocenters. The molecule has 0 aliphatic carbocycles. The fraction of sp³-hybridized carbons (Fsp3) is 0. The lowest BCUT2D eigenvalue weighted by Crippen LogP contribution is -2.74. The Morgan fingerprint density at radius 2 is 0.797 bits per heavy atom. The van der Waals surface area contributed by atoms with Crippen molar-refractivity contribution in [3.63, 3.8) is 0 Å². The van der Waals surface area contributed by atoms with Gasteiger partial charge in [-0.1, -0.05) is 230 Å². The first-order valence-electron chi connectivity index (χ1n) is 31.5. The molecular weight excluding hydrogens is 855 g/mol. The molecule has 0 saturated carbocycles. The van der Waals surface area contributed by atoms with E-state index >= 15 is 0 Å². The minimum absolute atomic E-state index is 0.0414. The number of fused-ring (bicyclic) bond motifs is 9. The third kappa shape index (κ3) is 5.86. The van der Waals surface area contributed by atoms with Gasteiger partial charge in [-0.3, -0.25) is 4.57 Å². The fourth-order valence-electron chi connectivity index (χ4n) is 10.1. The molecule has 0 fully saturated rings. The maximum Gasteiger partial charge on any atom is 0.238 e. The summed E-state index contributed by atoms with van der Waals surface area (Å²) in [5.74, 6) is -0.625. The summed E-state index contributed by atoms with van der Waals surface area (Å²) in [4.78, 5) is 15.4. The Balaban J connectivity index is 1.17. The van der Waals surface area contributed by atoms with Crippen LogP contribution in [0.3, 0.4) is 0 Å². The van der Waals surface area contributed by atoms with Crippen LogP contribution in [0.25, 0.3) is 99.8 Å². The third-order valence-electron chi connectivity index (χ3n) is 13.0. The molecule has 10 aromatic carbocycles. The predicted molar refractivity (Wildman–Crippen MR) is 289 cm³/mol. The molecule has 0 spiro atoms. The van der Waals surface area contributed by atoms with Gasteiger partial charge in [-0.2, -0.15) is 9.97 Å². The summed E-state index contributed by atoms with van der Waals surface area (Å²) in [6.45, 7) is 0. The number of hydrogen-bond donors (Lipinski definition) is 0. The van der Waals surface area contributed by atoms with Crippen LogP contribution in [0.2, 0.25) is 0 Å². The summed E-state index contributed by atoms with van der Waals surface area (Å²) < 4.78 is 183. The summed E-state index contributed by atoms with van der Waals surface area (Å²) in [5.41, 5.74) is 5.19. The van der Waals surface area contributed by atoms with Gasteiger partial charge in [-0.05, 0) is 44.5 Å². The van der Waals surface area contributed by atoms with Gasteiger partial charge in [0.25, 0.3) is 0 Å². The van der Waals surface area contributed by atoms with Crippen LogP contribution in [0, 0.1) is 0 Å². The predicted octanol–water partition coefficient (Wildman–Crippen LogP) is 12.5. The summed E-state index contributed by atoms with van der Waals surface area (Å²) in [6, 6.07) is 22.4. The SMILES string of the molecule is [2H]c1c([2H])c([2H])c([Si](c2c([2H])c([2H])c([2H])c([2H])c2[2H])(c2c([2H])c([2H])c([2H])c([2H])c2[2H])c2c([2H])c([2H])c([2H])c(-c3nc(-c4ccccc4-c4cccc5c6cccc7c8ccccc8n(c45)c76)nc(-n4c5ccccc5c5ccccc54)n3)c2[2H])c([2H])c1[2H]. The molecule has 6 heteroatoms. The highest BCUT2D eigenvalue weighted by Gasteiger charge is 2.41. The molecule has 0 radical (unpaired) electrons. The summed E-state index contributed by atoms with van der Waals surface area (Å²) >= 11 is 0. The van der Waals surface area contributed by atoms with Crippen molar-refractivity contribution in [2.45, 2.75) is 0 Å². The second-order valence-corrected chi connectivity index (χ2v) is 20.0. The van der Waals surface area contributed by atoms with E-state index in [1.54, 1.807) is 16.7 Å². The second kappa shape index (κ2) is 15.6. The van der Waals surface area contributed by atoms with Crippen molar-refractivity contribution in [2.75, 3.05) is 0 Å². The molecule has 0 aliphatic heterocycles. The Morgan fingerprint density at radius 1 is 0.348 bits per heavy atom. The van der Waals surface area contributed by atoms with Crippen LogP contribution in [-0.4, -0.2) is 32.0 Å². The maximum absolute atomic E-state index is 10.7. The van der Waals surface area contributed by atoms with E-state index in [0.29, 0.717) is 22.2 Å². The Morgan fingerprint density at radius 3 is 1.42 bits per heavy atom. The van der Waals surface area contributed by atoms with E-state index in [0.717, 1.165) is 54.4 Å². The Kier molecular flexibility index (Phi) is 5.57. The van der Waals surface area contributed by atoms with Crippen LogP contribution < -0.4 is 20.7 Å². The molecule has 0 atom stereocenters. The van der Waals surface area contributed by atoms with Gasteiger partial charge in [0.05, 0.1) is 53.6 Å². The minimum Gasteiger partial charge on any atom is -0.307 e. The zero-order valence-electron chi connectivity index (χ0n) is 54.9. The summed E-state index contributed by atoms with van der Waals surface area (Å²) in [5, 5.41) is 1.80. The quantitative estimate of drug-likeness (QED) is 0.113. The molecule has 14 rings (SSSR count). The van der Waals surface area contributed by atoms with Gasteiger partial charge in [-0.15, -0.1) is 0 Å². The van der Waals surface area contributed by atoms with Crippen LogP contribution in [0.1, 0.15) is 26.0 Å². The number of hydrogen-bond acceptors (Lipinski definition) is 3. The summed E-state index contributed by atoms with van der Waals surface area (Å²) in [7, 11) is -6.22. The zero-order chi connectivity index (χ0) is 62.0. The molecule has 0 N–H and O–H groups in total. The van der Waals surface area contributed by atoms with Gasteiger partial charge in [0.2, 0.25) is 5.95 Å². The highest BCUT2D eigenvalue weighted by Crippen LogP contribution is 2.44. The topological polar surface area (TPSA) is 48.0 Å². The number of benzene rings is 10. The first kappa shape index (κ1) is 24.7. The lowest BCUT2D eigenvalue weighted by atomic mass is 9.96. The lowest BCUT2D eigenvalue weighted by Gasteiger charge is -2.34. The highest BCUT2D eigenvalue weighted by atomic mass is 28.3. The largest absolute Gasteiger partial charge is 0.307 e. The van der Waals surface area contributed by atoms with E-state index in [1.807, 2.05) is 91.0 Å². The number of aromatic nitrogens is 5. The molecule has 0 saturated heterocycles. The smallest absolute Gasteiger partial charge is 0.238 e. The van der Waals surface area contributed by atoms with Crippen molar-refractivity contribution in [3.05, 3.63) is 248 Å². The molecule has 0 amide bonds. The first-order valence-corrected chi connectivity index (χ1v) is 24.0. The van der Waals surface area contributed by atoms with Crippen molar-refractivity contribution in [2.24, 2.45) is 0 Å². The van der Waals surface area contributed by atoms with Crippen molar-refractivity contribution in [1.29, 1.82) is 0 Å². The Labute approximate surface area is 425 Å². The van der Waals surface area contributed by atoms with E-state index in [2.05, 4.69) is 34.7 Å². The third-order valence-corrected chi connectivity index (χ3v) is 17.0. The van der Waals surface area contributed by atoms with Crippen molar-refractivity contribution >= 4 is 88.7 Å². The molecule has 4 heterocycles. The average Bonchev–Trinajstić information content (AvgIpc) is 0.789. The van der Waals surface area contributed by atoms with Crippen LogP contribution in [0.15, 0.2) is 248 Å². The monoisotopic (exact) mass is 914 g/mol. The van der Waals surface area contributed by atoms with Gasteiger partial charge >= 0.3 is 0 Å². The van der Waals surface area contributed by atoms with Gasteiger partial charge in [-0.25, -0.2) is 4.98 Å². The van der Waals surface area contributed by atoms with E-state index in [9.17, 15) is 13.7 Å². The molecule has 5 nitrogen and oxygen atoms in total.